The highest BCUT2D eigenvalue weighted by Crippen LogP contribution is 2.63. The lowest BCUT2D eigenvalue weighted by molar-refractivity contribution is 0.669. The predicted octanol–water partition coefficient (Wildman–Crippen LogP) is 7.28. The molecule has 0 bridgehead atoms. The molecule has 3 aliphatic rings. The summed E-state index contributed by atoms with van der Waals surface area (Å²) in [6.07, 6.45) is 7.07. The van der Waals surface area contributed by atoms with Crippen LogP contribution < -0.4 is 10.4 Å². The Morgan fingerprint density at radius 1 is 0.528 bits per heavy atom. The number of para-hydroxylation sites is 1. The van der Waals surface area contributed by atoms with Crippen LogP contribution in [0.5, 0.6) is 0 Å². The van der Waals surface area contributed by atoms with E-state index in [2.05, 4.69) is 109 Å². The summed E-state index contributed by atoms with van der Waals surface area (Å²) in [7, 11) is 0. The Balaban J connectivity index is 1.53. The molecule has 0 fully saturated rings. The molecule has 1 atom stereocenters. The van der Waals surface area contributed by atoms with Crippen LogP contribution in [0.1, 0.15) is 35.1 Å². The first-order valence-electron chi connectivity index (χ1n) is 12.9. The molecule has 1 heterocycles. The van der Waals surface area contributed by atoms with Gasteiger partial charge in [-0.2, -0.15) is 0 Å². The van der Waals surface area contributed by atoms with E-state index in [1.165, 1.54) is 65.7 Å². The molecule has 0 saturated heterocycles. The SMILES string of the molecule is C1=c2ccc3c(c2=CCC1)-c1ccccc1C31c2ccccc2-c2c1ccc1c2oc2ccccc21. The van der Waals surface area contributed by atoms with E-state index in [4.69, 9.17) is 4.42 Å². The smallest absolute Gasteiger partial charge is 0.143 e. The molecular formula is C35H22O. The van der Waals surface area contributed by atoms with Crippen molar-refractivity contribution in [1.82, 2.24) is 0 Å². The fourth-order valence-electron chi connectivity index (χ4n) is 7.40. The molecule has 0 amide bonds. The second-order valence-electron chi connectivity index (χ2n) is 10.3. The molecule has 0 aliphatic heterocycles. The Kier molecular flexibility index (Phi) is 3.38. The van der Waals surface area contributed by atoms with E-state index in [1.54, 1.807) is 0 Å². The number of hydrogen-bond donors (Lipinski definition) is 0. The van der Waals surface area contributed by atoms with Crippen LogP contribution in [0, 0.1) is 0 Å². The maximum absolute atomic E-state index is 6.61. The van der Waals surface area contributed by atoms with Gasteiger partial charge in [-0.15, -0.1) is 0 Å². The van der Waals surface area contributed by atoms with E-state index in [1.807, 2.05) is 0 Å². The van der Waals surface area contributed by atoms with E-state index < -0.39 is 0 Å². The minimum Gasteiger partial charge on any atom is -0.455 e. The van der Waals surface area contributed by atoms with Gasteiger partial charge in [0.25, 0.3) is 0 Å². The van der Waals surface area contributed by atoms with E-state index in [0.29, 0.717) is 0 Å². The Morgan fingerprint density at radius 3 is 2.06 bits per heavy atom. The molecule has 36 heavy (non-hydrogen) atoms. The van der Waals surface area contributed by atoms with Crippen molar-refractivity contribution in [3.05, 3.63) is 130 Å². The second-order valence-corrected chi connectivity index (χ2v) is 10.3. The molecule has 1 heteroatoms. The minimum atomic E-state index is -0.342. The summed E-state index contributed by atoms with van der Waals surface area (Å²) in [4.78, 5) is 0. The third-order valence-corrected chi connectivity index (χ3v) is 8.71. The topological polar surface area (TPSA) is 13.1 Å². The average molecular weight is 459 g/mol. The summed E-state index contributed by atoms with van der Waals surface area (Å²) in [5.74, 6) is 0. The molecule has 1 unspecified atom stereocenters. The van der Waals surface area contributed by atoms with Crippen LogP contribution in [0.3, 0.4) is 0 Å². The molecule has 0 saturated carbocycles. The van der Waals surface area contributed by atoms with Crippen molar-refractivity contribution < 1.29 is 4.42 Å². The highest BCUT2D eigenvalue weighted by molar-refractivity contribution is 6.13. The zero-order chi connectivity index (χ0) is 23.4. The first kappa shape index (κ1) is 18.9. The van der Waals surface area contributed by atoms with Gasteiger partial charge < -0.3 is 4.42 Å². The van der Waals surface area contributed by atoms with Crippen LogP contribution >= 0.6 is 0 Å². The third kappa shape index (κ3) is 2.02. The summed E-state index contributed by atoms with van der Waals surface area (Å²) in [6, 6.07) is 35.9. The largest absolute Gasteiger partial charge is 0.455 e. The van der Waals surface area contributed by atoms with Crippen LogP contribution in [0.25, 0.3) is 56.3 Å². The van der Waals surface area contributed by atoms with Crippen LogP contribution in [0.15, 0.2) is 101 Å². The molecule has 3 aliphatic carbocycles. The highest BCUT2D eigenvalue weighted by Gasteiger charge is 2.52. The van der Waals surface area contributed by atoms with Crippen LogP contribution in [0.2, 0.25) is 0 Å². The van der Waals surface area contributed by atoms with E-state index >= 15 is 0 Å². The van der Waals surface area contributed by atoms with Crippen molar-refractivity contribution in [2.45, 2.75) is 18.3 Å². The molecule has 0 radical (unpaired) electrons. The standard InChI is InChI=1S/C35H22O/c1-2-10-22-21(9-1)17-19-29-32(22)25-12-3-6-14-27(25)35(29)28-15-7-4-13-26(28)33-30(35)20-18-24-23-11-5-8-16-31(23)36-34(24)33/h3-20H,1-2H2. The number of rotatable bonds is 0. The molecule has 168 valence electrons. The highest BCUT2D eigenvalue weighted by atomic mass is 16.3. The number of furan rings is 1. The summed E-state index contributed by atoms with van der Waals surface area (Å²) >= 11 is 0. The van der Waals surface area contributed by atoms with Gasteiger partial charge in [0.05, 0.1) is 5.41 Å². The first-order valence-corrected chi connectivity index (χ1v) is 12.9. The summed E-state index contributed by atoms with van der Waals surface area (Å²) in [6.45, 7) is 0. The van der Waals surface area contributed by atoms with Crippen molar-refractivity contribution in [2.75, 3.05) is 0 Å². The van der Waals surface area contributed by atoms with Gasteiger partial charge in [-0.3, -0.25) is 0 Å². The molecule has 9 rings (SSSR count). The Labute approximate surface area is 208 Å². The second kappa shape index (κ2) is 6.44. The summed E-state index contributed by atoms with van der Waals surface area (Å²) in [5.41, 5.74) is 12.4. The lowest BCUT2D eigenvalue weighted by Crippen LogP contribution is -2.32. The molecule has 6 aromatic rings. The van der Waals surface area contributed by atoms with Crippen LogP contribution in [0.4, 0.5) is 0 Å². The van der Waals surface area contributed by atoms with Gasteiger partial charge in [-0.05, 0) is 68.3 Å². The van der Waals surface area contributed by atoms with Gasteiger partial charge in [0.2, 0.25) is 0 Å². The van der Waals surface area contributed by atoms with Gasteiger partial charge in [-0.25, -0.2) is 0 Å². The lowest BCUT2D eigenvalue weighted by Gasteiger charge is -2.30. The Morgan fingerprint density at radius 2 is 1.19 bits per heavy atom. The zero-order valence-electron chi connectivity index (χ0n) is 19.7. The van der Waals surface area contributed by atoms with Gasteiger partial charge in [-0.1, -0.05) is 103 Å². The van der Waals surface area contributed by atoms with Crippen LogP contribution in [-0.2, 0) is 5.41 Å². The van der Waals surface area contributed by atoms with E-state index in [0.717, 1.165) is 24.0 Å². The van der Waals surface area contributed by atoms with Gasteiger partial charge in [0.15, 0.2) is 0 Å². The van der Waals surface area contributed by atoms with Gasteiger partial charge in [0, 0.05) is 16.3 Å². The Hall–Kier alpha value is -4.36. The Bertz CT molecular complexity index is 2060. The van der Waals surface area contributed by atoms with Gasteiger partial charge >= 0.3 is 0 Å². The third-order valence-electron chi connectivity index (χ3n) is 8.71. The summed E-state index contributed by atoms with van der Waals surface area (Å²) in [5, 5.41) is 5.14. The molecule has 1 aromatic heterocycles. The maximum Gasteiger partial charge on any atom is 0.143 e. The molecule has 0 N–H and O–H groups in total. The maximum atomic E-state index is 6.61. The van der Waals surface area contributed by atoms with E-state index in [9.17, 15) is 0 Å². The monoisotopic (exact) mass is 458 g/mol. The number of benzene rings is 5. The molecule has 1 spiro atoms. The van der Waals surface area contributed by atoms with Crippen molar-refractivity contribution in [2.24, 2.45) is 0 Å². The van der Waals surface area contributed by atoms with Crippen molar-refractivity contribution in [1.29, 1.82) is 0 Å². The number of fused-ring (bicyclic) bond motifs is 16. The van der Waals surface area contributed by atoms with E-state index in [-0.39, 0.29) is 5.41 Å². The fraction of sp³-hybridized carbons (Fsp3) is 0.0857. The van der Waals surface area contributed by atoms with Crippen molar-refractivity contribution in [3.8, 4) is 22.3 Å². The zero-order valence-corrected chi connectivity index (χ0v) is 19.7. The van der Waals surface area contributed by atoms with Crippen molar-refractivity contribution in [3.63, 3.8) is 0 Å². The normalized spacial score (nSPS) is 18.3. The molecular weight excluding hydrogens is 436 g/mol. The minimum absolute atomic E-state index is 0.342. The average Bonchev–Trinajstić information content (AvgIpc) is 3.57. The lowest BCUT2D eigenvalue weighted by atomic mass is 9.70. The summed E-state index contributed by atoms with van der Waals surface area (Å²) < 4.78 is 6.61. The predicted molar refractivity (Wildman–Crippen MR) is 147 cm³/mol. The molecule has 5 aromatic carbocycles. The molecule has 1 nitrogen and oxygen atoms in total. The van der Waals surface area contributed by atoms with Crippen molar-refractivity contribution >= 4 is 34.1 Å². The first-order chi connectivity index (χ1) is 17.9. The number of hydrogen-bond acceptors (Lipinski definition) is 1. The van der Waals surface area contributed by atoms with Gasteiger partial charge in [0.1, 0.15) is 11.2 Å². The van der Waals surface area contributed by atoms with Crippen LogP contribution in [-0.4, -0.2) is 0 Å². The fourth-order valence-corrected chi connectivity index (χ4v) is 7.40. The quantitative estimate of drug-likeness (QED) is 0.233.